The summed E-state index contributed by atoms with van der Waals surface area (Å²) in [5.41, 5.74) is 2.33. The van der Waals surface area contributed by atoms with Crippen LogP contribution in [-0.2, 0) is 0 Å². The van der Waals surface area contributed by atoms with Crippen LogP contribution < -0.4 is 5.32 Å². The highest BCUT2D eigenvalue weighted by atomic mass is 32.2. The fourth-order valence-corrected chi connectivity index (χ4v) is 5.29. The van der Waals surface area contributed by atoms with Crippen molar-refractivity contribution in [1.82, 2.24) is 15.2 Å². The number of carbonyl (C=O) groups excluding carboxylic acids is 1. The number of likely N-dealkylation sites (tertiary alicyclic amines) is 1. The molecule has 1 aliphatic carbocycles. The fraction of sp³-hybridized carbons (Fsp3) is 0.524. The molecule has 0 saturated carbocycles. The summed E-state index contributed by atoms with van der Waals surface area (Å²) in [5.74, 6) is 0.502. The maximum Gasteiger partial charge on any atom is 0.255 e. The molecule has 4 nitrogen and oxygen atoms in total. The van der Waals surface area contributed by atoms with Crippen molar-refractivity contribution in [3.63, 3.8) is 0 Å². The Labute approximate surface area is 160 Å². The van der Waals surface area contributed by atoms with Gasteiger partial charge in [0.15, 0.2) is 0 Å². The number of rotatable bonds is 3. The topological polar surface area (TPSA) is 45.2 Å². The molecular weight excluding hydrogens is 342 g/mol. The van der Waals surface area contributed by atoms with Crippen molar-refractivity contribution in [2.24, 2.45) is 11.3 Å². The average Bonchev–Trinajstić information content (AvgIpc) is 3.21. The molecule has 138 valence electrons. The minimum atomic E-state index is 0.110. The normalized spacial score (nSPS) is 31.2. The van der Waals surface area contributed by atoms with Crippen molar-refractivity contribution < 1.29 is 4.79 Å². The lowest BCUT2D eigenvalue weighted by Crippen LogP contribution is -2.51. The molecule has 0 radical (unpaired) electrons. The number of amides is 1. The third kappa shape index (κ3) is 3.23. The number of nitrogens with one attached hydrogen (secondary N) is 1. The molecule has 1 aromatic rings. The number of thioether (sulfide) groups is 1. The standard InChI is InChI=1S/C21H27N3OS/c1-21-7-10-24(20(25)15-5-3-8-22-13-15)14-18(21)17(11-16(12-21)26-2)19-6-4-9-23-19/h3,5,8,11-13,18-19,23H,4,6-7,9-10,14H2,1-2H3/t18?,19-,21?/m0/s1. The van der Waals surface area contributed by atoms with Crippen LogP contribution in [0, 0.1) is 11.3 Å². The number of nitrogens with zero attached hydrogens (tertiary/aromatic N) is 2. The Balaban J connectivity index is 1.62. The molecule has 26 heavy (non-hydrogen) atoms. The summed E-state index contributed by atoms with van der Waals surface area (Å²) >= 11 is 1.83. The highest BCUT2D eigenvalue weighted by Gasteiger charge is 2.45. The molecule has 0 spiro atoms. The van der Waals surface area contributed by atoms with Gasteiger partial charge in [-0.15, -0.1) is 11.8 Å². The van der Waals surface area contributed by atoms with Gasteiger partial charge < -0.3 is 10.2 Å². The molecule has 1 N–H and O–H groups in total. The SMILES string of the molecule is CSC1=CC2(C)CCN(C(=O)c3cccnc3)CC2C([C@@H]2CCCN2)=C1. The van der Waals surface area contributed by atoms with Crippen LogP contribution in [0.25, 0.3) is 0 Å². The quantitative estimate of drug-likeness (QED) is 0.886. The van der Waals surface area contributed by atoms with Crippen molar-refractivity contribution in [1.29, 1.82) is 0 Å². The predicted octanol–water partition coefficient (Wildman–Crippen LogP) is 3.49. The number of carbonyl (C=O) groups is 1. The second-order valence-corrected chi connectivity index (χ2v) is 8.73. The third-order valence-electron chi connectivity index (χ3n) is 6.20. The van der Waals surface area contributed by atoms with Crippen molar-refractivity contribution in [2.45, 2.75) is 32.2 Å². The van der Waals surface area contributed by atoms with Crippen LogP contribution in [0.15, 0.2) is 47.2 Å². The van der Waals surface area contributed by atoms with Gasteiger partial charge in [0.1, 0.15) is 0 Å². The molecule has 1 amide bonds. The molecular formula is C21H27N3OS. The third-order valence-corrected chi connectivity index (χ3v) is 6.90. The summed E-state index contributed by atoms with van der Waals surface area (Å²) in [5, 5.41) is 3.68. The Morgan fingerprint density at radius 1 is 1.46 bits per heavy atom. The monoisotopic (exact) mass is 369 g/mol. The second kappa shape index (κ2) is 7.20. The summed E-state index contributed by atoms with van der Waals surface area (Å²) in [6.45, 7) is 5.08. The fourth-order valence-electron chi connectivity index (χ4n) is 4.65. The number of fused-ring (bicyclic) bond motifs is 1. The van der Waals surface area contributed by atoms with Gasteiger partial charge >= 0.3 is 0 Å². The van der Waals surface area contributed by atoms with Gasteiger partial charge in [0.2, 0.25) is 0 Å². The van der Waals surface area contributed by atoms with Crippen LogP contribution in [0.2, 0.25) is 0 Å². The Kier molecular flexibility index (Phi) is 4.93. The molecule has 3 atom stereocenters. The Morgan fingerprint density at radius 3 is 3.04 bits per heavy atom. The van der Waals surface area contributed by atoms with Gasteiger partial charge in [0.05, 0.1) is 5.56 Å². The van der Waals surface area contributed by atoms with Crippen LogP contribution in [0.3, 0.4) is 0 Å². The number of hydrogen-bond acceptors (Lipinski definition) is 4. The first-order chi connectivity index (χ1) is 12.6. The lowest BCUT2D eigenvalue weighted by molar-refractivity contribution is 0.0542. The van der Waals surface area contributed by atoms with Gasteiger partial charge in [0, 0.05) is 42.3 Å². The molecule has 5 heteroatoms. The zero-order valence-corrected chi connectivity index (χ0v) is 16.4. The number of piperidine rings is 1. The van der Waals surface area contributed by atoms with Crippen molar-refractivity contribution >= 4 is 17.7 Å². The highest BCUT2D eigenvalue weighted by molar-refractivity contribution is 8.02. The van der Waals surface area contributed by atoms with Gasteiger partial charge in [-0.1, -0.05) is 13.0 Å². The minimum Gasteiger partial charge on any atom is -0.338 e. The van der Waals surface area contributed by atoms with Crippen molar-refractivity contribution in [3.8, 4) is 0 Å². The van der Waals surface area contributed by atoms with E-state index in [2.05, 4.69) is 35.6 Å². The number of hydrogen-bond donors (Lipinski definition) is 1. The van der Waals surface area contributed by atoms with E-state index in [1.54, 1.807) is 12.4 Å². The van der Waals surface area contributed by atoms with E-state index in [0.29, 0.717) is 17.5 Å². The van der Waals surface area contributed by atoms with E-state index in [4.69, 9.17) is 0 Å². The van der Waals surface area contributed by atoms with Gasteiger partial charge in [0.25, 0.3) is 5.91 Å². The van der Waals surface area contributed by atoms with Gasteiger partial charge in [-0.2, -0.15) is 0 Å². The lowest BCUT2D eigenvalue weighted by atomic mass is 9.64. The van der Waals surface area contributed by atoms with Gasteiger partial charge in [-0.25, -0.2) is 0 Å². The van der Waals surface area contributed by atoms with E-state index in [-0.39, 0.29) is 11.3 Å². The van der Waals surface area contributed by atoms with E-state index in [0.717, 1.165) is 26.1 Å². The molecule has 2 unspecified atom stereocenters. The largest absolute Gasteiger partial charge is 0.338 e. The molecule has 2 saturated heterocycles. The maximum absolute atomic E-state index is 13.0. The Hall–Kier alpha value is -1.59. The van der Waals surface area contributed by atoms with E-state index in [9.17, 15) is 4.79 Å². The Morgan fingerprint density at radius 2 is 2.35 bits per heavy atom. The van der Waals surface area contributed by atoms with Crippen LogP contribution >= 0.6 is 11.8 Å². The van der Waals surface area contributed by atoms with Gasteiger partial charge in [-0.05, 0) is 61.3 Å². The molecule has 2 aliphatic heterocycles. The summed E-state index contributed by atoms with van der Waals surface area (Å²) in [4.78, 5) is 20.5. The first-order valence-electron chi connectivity index (χ1n) is 9.52. The summed E-state index contributed by atoms with van der Waals surface area (Å²) in [6.07, 6.45) is 13.8. The van der Waals surface area contributed by atoms with E-state index >= 15 is 0 Å². The molecule has 0 bridgehead atoms. The predicted molar refractivity (Wildman–Crippen MR) is 107 cm³/mol. The summed E-state index contributed by atoms with van der Waals surface area (Å²) < 4.78 is 0. The second-order valence-electron chi connectivity index (χ2n) is 7.85. The molecule has 1 aromatic heterocycles. The van der Waals surface area contributed by atoms with Crippen molar-refractivity contribution in [2.75, 3.05) is 25.9 Å². The number of allylic oxidation sites excluding steroid dienone is 2. The zero-order valence-electron chi connectivity index (χ0n) is 15.6. The van der Waals surface area contributed by atoms with E-state index in [1.165, 1.54) is 23.3 Å². The van der Waals surface area contributed by atoms with Crippen LogP contribution in [0.1, 0.15) is 36.5 Å². The first kappa shape index (κ1) is 17.8. The molecule has 3 heterocycles. The van der Waals surface area contributed by atoms with Crippen LogP contribution in [0.5, 0.6) is 0 Å². The van der Waals surface area contributed by atoms with E-state index in [1.807, 2.05) is 28.8 Å². The molecule has 3 aliphatic rings. The summed E-state index contributed by atoms with van der Waals surface area (Å²) in [6, 6.07) is 4.16. The average molecular weight is 370 g/mol. The first-order valence-corrected chi connectivity index (χ1v) is 10.7. The minimum absolute atomic E-state index is 0.110. The lowest BCUT2D eigenvalue weighted by Gasteiger charge is -2.48. The smallest absolute Gasteiger partial charge is 0.255 e. The maximum atomic E-state index is 13.0. The molecule has 4 rings (SSSR count). The van der Waals surface area contributed by atoms with Crippen molar-refractivity contribution in [3.05, 3.63) is 52.7 Å². The Bertz CT molecular complexity index is 739. The highest BCUT2D eigenvalue weighted by Crippen LogP contribution is 2.48. The number of aromatic nitrogens is 1. The van der Waals surface area contributed by atoms with Crippen LogP contribution in [0.4, 0.5) is 0 Å². The van der Waals surface area contributed by atoms with Gasteiger partial charge in [-0.3, -0.25) is 9.78 Å². The molecule has 2 fully saturated rings. The van der Waals surface area contributed by atoms with E-state index < -0.39 is 0 Å². The van der Waals surface area contributed by atoms with Crippen LogP contribution in [-0.4, -0.2) is 47.7 Å². The number of pyridine rings is 1. The summed E-state index contributed by atoms with van der Waals surface area (Å²) in [7, 11) is 0. The zero-order chi connectivity index (χ0) is 18.1. The molecule has 0 aromatic carbocycles.